The third-order valence-corrected chi connectivity index (χ3v) is 4.16. The Morgan fingerprint density at radius 3 is 0.848 bits per heavy atom. The van der Waals surface area contributed by atoms with E-state index in [9.17, 15) is 89.2 Å². The molecule has 0 bridgehead atoms. The summed E-state index contributed by atoms with van der Waals surface area (Å²) in [5, 5.41) is 27.2. The molecule has 0 rings (SSSR count). The molecule has 0 saturated heterocycles. The second kappa shape index (κ2) is 8.38. The van der Waals surface area contributed by atoms with Gasteiger partial charge in [0, 0.05) is 0 Å². The summed E-state index contributed by atoms with van der Waals surface area (Å²) in [5.41, 5.74) is -15.1. The van der Waals surface area contributed by atoms with E-state index in [2.05, 4.69) is 0 Å². The first kappa shape index (κ1) is 31.6. The molecule has 0 aromatic heterocycles. The number of hydrogen-bond acceptors (Lipinski definition) is 3. The maximum atomic E-state index is 14.0. The maximum Gasteiger partial charge on any atom is 0.425 e. The van der Waals surface area contributed by atoms with Crippen molar-refractivity contribution in [3.8, 4) is 0 Å². The van der Waals surface area contributed by atoms with Gasteiger partial charge in [-0.25, -0.2) is 13.2 Å². The van der Waals surface area contributed by atoms with Crippen LogP contribution in [0.3, 0.4) is 0 Å². The lowest BCUT2D eigenvalue weighted by molar-refractivity contribution is -0.439. The fraction of sp³-hybridized carbons (Fsp3) is 1.00. The van der Waals surface area contributed by atoms with Crippen LogP contribution in [-0.4, -0.2) is 87.9 Å². The summed E-state index contributed by atoms with van der Waals surface area (Å²) in [5.74, 6) is -23.6. The van der Waals surface area contributed by atoms with Crippen LogP contribution in [0.15, 0.2) is 0 Å². The minimum atomic E-state index is -8.02. The monoisotopic (exact) mass is 542 g/mol. The highest BCUT2D eigenvalue weighted by molar-refractivity contribution is 5.25. The maximum absolute atomic E-state index is 14.0. The Kier molecular flexibility index (Phi) is 8.03. The summed E-state index contributed by atoms with van der Waals surface area (Å²) in [7, 11) is 0. The van der Waals surface area contributed by atoms with Gasteiger partial charge in [-0.3, -0.25) is 0 Å². The number of alkyl halides is 18. The van der Waals surface area contributed by atoms with E-state index >= 15 is 0 Å². The van der Waals surface area contributed by atoms with Crippen LogP contribution >= 0.6 is 0 Å². The molecule has 33 heavy (non-hydrogen) atoms. The number of aliphatic hydroxyl groups is 3. The first-order valence-corrected chi connectivity index (χ1v) is 7.34. The van der Waals surface area contributed by atoms with Crippen molar-refractivity contribution in [3.05, 3.63) is 0 Å². The average Bonchev–Trinajstić information content (AvgIpc) is 2.61. The molecule has 0 fully saturated rings. The number of halogens is 18. The Labute approximate surface area is 168 Å². The van der Waals surface area contributed by atoms with Crippen molar-refractivity contribution < 1.29 is 94.3 Å². The normalized spacial score (nSPS) is 21.7. The Bertz CT molecular complexity index is 649. The van der Waals surface area contributed by atoms with Crippen LogP contribution in [-0.2, 0) is 0 Å². The van der Waals surface area contributed by atoms with Gasteiger partial charge in [-0.1, -0.05) is 0 Å². The number of aliphatic hydroxyl groups excluding tert-OH is 1. The summed E-state index contributed by atoms with van der Waals surface area (Å²) in [6, 6.07) is 0. The van der Waals surface area contributed by atoms with Gasteiger partial charge in [0.2, 0.25) is 5.60 Å². The largest absolute Gasteiger partial charge is 0.425 e. The van der Waals surface area contributed by atoms with Crippen molar-refractivity contribution in [1.29, 1.82) is 0 Å². The SMILES string of the molecule is OCC(O)(C(F)(F)C(F)C(F)(F)F)C(O)(C(F)(F)C(F)C(F)(F)F)C(F)(F)C(F)C(F)(F)F. The predicted octanol–water partition coefficient (Wildman–Crippen LogP) is 4.05. The van der Waals surface area contributed by atoms with Gasteiger partial charge in [0.15, 0.2) is 5.60 Å². The smallest absolute Gasteiger partial charge is 0.393 e. The Morgan fingerprint density at radius 1 is 0.455 bits per heavy atom. The van der Waals surface area contributed by atoms with E-state index in [1.807, 2.05) is 0 Å². The quantitative estimate of drug-likeness (QED) is 0.406. The van der Waals surface area contributed by atoms with Crippen LogP contribution in [0.2, 0.25) is 0 Å². The van der Waals surface area contributed by atoms with Gasteiger partial charge in [0.05, 0.1) is 6.61 Å². The molecule has 0 radical (unpaired) electrons. The lowest BCUT2D eigenvalue weighted by Gasteiger charge is -2.53. The third kappa shape index (κ3) is 4.63. The van der Waals surface area contributed by atoms with Crippen LogP contribution < -0.4 is 0 Å². The molecule has 0 saturated carbocycles. The van der Waals surface area contributed by atoms with Gasteiger partial charge >= 0.3 is 36.3 Å². The molecule has 4 unspecified atom stereocenters. The molecule has 200 valence electrons. The van der Waals surface area contributed by atoms with Crippen molar-refractivity contribution >= 4 is 0 Å². The average molecular weight is 542 g/mol. The molecule has 0 spiro atoms. The first-order chi connectivity index (χ1) is 14.0. The number of rotatable bonds is 8. The molecule has 3 N–H and O–H groups in total. The molecule has 0 heterocycles. The third-order valence-electron chi connectivity index (χ3n) is 4.16. The fourth-order valence-electron chi connectivity index (χ4n) is 2.43. The van der Waals surface area contributed by atoms with Crippen LogP contribution in [0.25, 0.3) is 0 Å². The number of hydrogen-bond donors (Lipinski definition) is 3. The molecule has 3 nitrogen and oxygen atoms in total. The first-order valence-electron chi connectivity index (χ1n) is 7.34. The van der Waals surface area contributed by atoms with E-state index in [-0.39, 0.29) is 0 Å². The molecule has 0 aliphatic rings. The molecule has 0 aromatic carbocycles. The van der Waals surface area contributed by atoms with Crippen molar-refractivity contribution in [2.24, 2.45) is 0 Å². The summed E-state index contributed by atoms with van der Waals surface area (Å²) in [4.78, 5) is 0. The van der Waals surface area contributed by atoms with E-state index in [1.54, 1.807) is 0 Å². The predicted molar refractivity (Wildman–Crippen MR) is 64.7 cm³/mol. The minimum Gasteiger partial charge on any atom is -0.393 e. The van der Waals surface area contributed by atoms with Crippen LogP contribution in [0.5, 0.6) is 0 Å². The van der Waals surface area contributed by atoms with E-state index in [0.29, 0.717) is 0 Å². The minimum absolute atomic E-state index is 4.02. The van der Waals surface area contributed by atoms with E-state index in [0.717, 1.165) is 0 Å². The molecular weight excluding hydrogens is 534 g/mol. The molecule has 0 aliphatic carbocycles. The van der Waals surface area contributed by atoms with Gasteiger partial charge in [0.25, 0.3) is 18.5 Å². The Hall–Kier alpha value is -1.38. The summed E-state index contributed by atoms with van der Waals surface area (Å²) < 4.78 is 234. The topological polar surface area (TPSA) is 60.7 Å². The van der Waals surface area contributed by atoms with Gasteiger partial charge in [0.1, 0.15) is 0 Å². The van der Waals surface area contributed by atoms with Crippen molar-refractivity contribution in [2.45, 2.75) is 66.0 Å². The Balaban J connectivity index is 7.70. The highest BCUT2D eigenvalue weighted by Crippen LogP contribution is 2.60. The standard InChI is InChI=1S/C12H8F18O3/c13-2(9(22,23)24)6(16,17)5(32,1-31)12(33,7(18,19)3(14)10(25,26)27)8(20,21)4(15)11(28,29)30/h2-4,31-33H,1H2. The van der Waals surface area contributed by atoms with Gasteiger partial charge in [-0.05, 0) is 0 Å². The van der Waals surface area contributed by atoms with Crippen LogP contribution in [0.4, 0.5) is 79.0 Å². The second-order valence-electron chi connectivity index (χ2n) is 6.31. The highest BCUT2D eigenvalue weighted by Gasteiger charge is 2.91. The highest BCUT2D eigenvalue weighted by atomic mass is 19.4. The van der Waals surface area contributed by atoms with Gasteiger partial charge in [-0.15, -0.1) is 0 Å². The molecular formula is C12H8F18O3. The van der Waals surface area contributed by atoms with Crippen molar-refractivity contribution in [1.82, 2.24) is 0 Å². The lowest BCUT2D eigenvalue weighted by Crippen LogP contribution is -2.85. The zero-order chi connectivity index (χ0) is 27.4. The molecule has 21 heteroatoms. The van der Waals surface area contributed by atoms with Crippen LogP contribution in [0, 0.1) is 0 Å². The molecule has 0 amide bonds. The Morgan fingerprint density at radius 2 is 0.667 bits per heavy atom. The molecule has 0 aliphatic heterocycles. The van der Waals surface area contributed by atoms with Crippen molar-refractivity contribution in [3.63, 3.8) is 0 Å². The fourth-order valence-corrected chi connectivity index (χ4v) is 2.43. The van der Waals surface area contributed by atoms with E-state index in [1.165, 1.54) is 0 Å². The summed E-state index contributed by atoms with van der Waals surface area (Å²) in [6.45, 7) is -4.02. The van der Waals surface area contributed by atoms with E-state index < -0.39 is 72.6 Å². The summed E-state index contributed by atoms with van der Waals surface area (Å²) in [6.07, 6.45) is -41.1. The van der Waals surface area contributed by atoms with E-state index in [4.69, 9.17) is 5.11 Å². The van der Waals surface area contributed by atoms with Gasteiger partial charge in [-0.2, -0.15) is 65.9 Å². The zero-order valence-electron chi connectivity index (χ0n) is 14.6. The zero-order valence-corrected chi connectivity index (χ0v) is 14.6. The molecule has 4 atom stereocenters. The molecule has 0 aromatic rings. The van der Waals surface area contributed by atoms with Crippen molar-refractivity contribution in [2.75, 3.05) is 6.61 Å². The van der Waals surface area contributed by atoms with Crippen LogP contribution in [0.1, 0.15) is 0 Å². The van der Waals surface area contributed by atoms with Gasteiger partial charge < -0.3 is 15.3 Å². The summed E-state index contributed by atoms with van der Waals surface area (Å²) >= 11 is 0. The second-order valence-corrected chi connectivity index (χ2v) is 6.31. The lowest BCUT2D eigenvalue weighted by atomic mass is 9.66.